The Morgan fingerprint density at radius 1 is 1.17 bits per heavy atom. The first-order valence-electron chi connectivity index (χ1n) is 8.15. The van der Waals surface area contributed by atoms with E-state index in [0.29, 0.717) is 18.0 Å². The molecule has 1 aliphatic rings. The number of carbonyl (C=O) groups excluding carboxylic acids is 1. The van der Waals surface area contributed by atoms with Gasteiger partial charge in [-0.15, -0.1) is 0 Å². The Labute approximate surface area is 136 Å². The van der Waals surface area contributed by atoms with Crippen LogP contribution in [0.25, 0.3) is 0 Å². The van der Waals surface area contributed by atoms with Gasteiger partial charge in [0.15, 0.2) is 0 Å². The predicted molar refractivity (Wildman–Crippen MR) is 91.9 cm³/mol. The summed E-state index contributed by atoms with van der Waals surface area (Å²) in [5, 5.41) is 5.99. The molecule has 0 aromatic heterocycles. The zero-order valence-electron chi connectivity index (χ0n) is 13.3. The first-order chi connectivity index (χ1) is 11.3. The summed E-state index contributed by atoms with van der Waals surface area (Å²) < 4.78 is 5.54. The van der Waals surface area contributed by atoms with E-state index in [1.165, 1.54) is 11.1 Å². The molecule has 2 aromatic carbocycles. The highest BCUT2D eigenvalue weighted by Crippen LogP contribution is 2.30. The Kier molecular flexibility index (Phi) is 4.81. The van der Waals surface area contributed by atoms with Gasteiger partial charge in [0.2, 0.25) is 0 Å². The second kappa shape index (κ2) is 7.18. The quantitative estimate of drug-likeness (QED) is 0.885. The van der Waals surface area contributed by atoms with Crippen molar-refractivity contribution in [2.75, 3.05) is 11.9 Å². The summed E-state index contributed by atoms with van der Waals surface area (Å²) in [5.41, 5.74) is 3.25. The second-order valence-electron chi connectivity index (χ2n) is 5.67. The molecule has 0 heterocycles. The van der Waals surface area contributed by atoms with Gasteiger partial charge in [-0.3, -0.25) is 0 Å². The van der Waals surface area contributed by atoms with Crippen LogP contribution in [-0.2, 0) is 6.42 Å². The standard InChI is InChI=1S/C19H22N2O2/c1-2-23-18-13-6-5-11-17(18)21-19(22)20-16-12-7-9-14-8-3-4-10-15(14)16/h3-6,8,10-11,13,16H,2,7,9,12H2,1H3,(H2,20,21,22)/t16-/m1/s1. The third-order valence-electron chi connectivity index (χ3n) is 4.11. The molecule has 2 N–H and O–H groups in total. The minimum atomic E-state index is -0.196. The van der Waals surface area contributed by atoms with Crippen molar-refractivity contribution < 1.29 is 9.53 Å². The van der Waals surface area contributed by atoms with Gasteiger partial charge in [-0.2, -0.15) is 0 Å². The van der Waals surface area contributed by atoms with Crippen LogP contribution in [0.2, 0.25) is 0 Å². The fourth-order valence-electron chi connectivity index (χ4n) is 3.07. The van der Waals surface area contributed by atoms with Crippen molar-refractivity contribution in [3.8, 4) is 5.75 Å². The molecule has 2 aromatic rings. The molecule has 1 aliphatic carbocycles. The number of hydrogen-bond donors (Lipinski definition) is 2. The van der Waals surface area contributed by atoms with Gasteiger partial charge in [0, 0.05) is 0 Å². The van der Waals surface area contributed by atoms with Gasteiger partial charge >= 0.3 is 6.03 Å². The van der Waals surface area contributed by atoms with Crippen molar-refractivity contribution in [3.05, 3.63) is 59.7 Å². The lowest BCUT2D eigenvalue weighted by atomic mass is 9.88. The number of rotatable bonds is 4. The number of para-hydroxylation sites is 2. The van der Waals surface area contributed by atoms with E-state index < -0.39 is 0 Å². The second-order valence-corrected chi connectivity index (χ2v) is 5.67. The molecule has 0 unspecified atom stereocenters. The van der Waals surface area contributed by atoms with E-state index in [9.17, 15) is 4.79 Å². The maximum Gasteiger partial charge on any atom is 0.319 e. The predicted octanol–water partition coefficient (Wildman–Crippen LogP) is 4.28. The van der Waals surface area contributed by atoms with Crippen molar-refractivity contribution in [1.29, 1.82) is 0 Å². The highest BCUT2D eigenvalue weighted by atomic mass is 16.5. The molecule has 0 fully saturated rings. The van der Waals surface area contributed by atoms with Crippen molar-refractivity contribution in [1.82, 2.24) is 5.32 Å². The summed E-state index contributed by atoms with van der Waals surface area (Å²) in [5.74, 6) is 0.689. The van der Waals surface area contributed by atoms with Crippen LogP contribution in [0, 0.1) is 0 Å². The van der Waals surface area contributed by atoms with Crippen molar-refractivity contribution in [2.45, 2.75) is 32.2 Å². The Bertz CT molecular complexity index is 685. The van der Waals surface area contributed by atoms with Gasteiger partial charge < -0.3 is 15.4 Å². The lowest BCUT2D eigenvalue weighted by Crippen LogP contribution is -2.34. The molecule has 2 amide bonds. The molecular weight excluding hydrogens is 288 g/mol. The number of urea groups is 1. The Morgan fingerprint density at radius 2 is 1.96 bits per heavy atom. The highest BCUT2D eigenvalue weighted by molar-refractivity contribution is 5.91. The van der Waals surface area contributed by atoms with Crippen LogP contribution in [0.4, 0.5) is 10.5 Å². The molecule has 0 radical (unpaired) electrons. The van der Waals surface area contributed by atoms with Gasteiger partial charge in [-0.1, -0.05) is 36.4 Å². The van der Waals surface area contributed by atoms with Gasteiger partial charge in [-0.25, -0.2) is 4.79 Å². The van der Waals surface area contributed by atoms with Crippen molar-refractivity contribution in [3.63, 3.8) is 0 Å². The smallest absolute Gasteiger partial charge is 0.319 e. The molecule has 0 saturated heterocycles. The Hall–Kier alpha value is -2.49. The van der Waals surface area contributed by atoms with E-state index in [0.717, 1.165) is 19.3 Å². The van der Waals surface area contributed by atoms with Gasteiger partial charge in [-0.05, 0) is 49.4 Å². The summed E-state index contributed by atoms with van der Waals surface area (Å²) in [7, 11) is 0. The summed E-state index contributed by atoms with van der Waals surface area (Å²) in [6.07, 6.45) is 3.15. The average Bonchev–Trinajstić information content (AvgIpc) is 2.57. The molecule has 0 bridgehead atoms. The summed E-state index contributed by atoms with van der Waals surface area (Å²) >= 11 is 0. The summed E-state index contributed by atoms with van der Waals surface area (Å²) in [6.45, 7) is 2.49. The third kappa shape index (κ3) is 3.65. The number of benzene rings is 2. The van der Waals surface area contributed by atoms with Crippen LogP contribution < -0.4 is 15.4 Å². The van der Waals surface area contributed by atoms with Crippen LogP contribution in [0.3, 0.4) is 0 Å². The normalized spacial score (nSPS) is 16.3. The molecule has 0 saturated carbocycles. The largest absolute Gasteiger partial charge is 0.492 e. The number of amides is 2. The summed E-state index contributed by atoms with van der Waals surface area (Å²) in [4.78, 5) is 12.4. The van der Waals surface area contributed by atoms with Crippen LogP contribution in [0.5, 0.6) is 5.75 Å². The van der Waals surface area contributed by atoms with E-state index in [1.54, 1.807) is 0 Å². The SMILES string of the molecule is CCOc1ccccc1NC(=O)N[C@@H]1CCCc2ccccc21. The number of ether oxygens (including phenoxy) is 1. The molecule has 0 spiro atoms. The minimum absolute atomic E-state index is 0.0687. The number of nitrogens with one attached hydrogen (secondary N) is 2. The number of fused-ring (bicyclic) bond motifs is 1. The molecule has 3 rings (SSSR count). The van der Waals surface area contributed by atoms with Crippen LogP contribution in [0.15, 0.2) is 48.5 Å². The fraction of sp³-hybridized carbons (Fsp3) is 0.316. The zero-order chi connectivity index (χ0) is 16.1. The number of hydrogen-bond acceptors (Lipinski definition) is 2. The molecule has 0 aliphatic heterocycles. The zero-order valence-corrected chi connectivity index (χ0v) is 13.3. The van der Waals surface area contributed by atoms with E-state index in [-0.39, 0.29) is 12.1 Å². The van der Waals surface area contributed by atoms with Crippen molar-refractivity contribution in [2.24, 2.45) is 0 Å². The molecule has 1 atom stereocenters. The van der Waals surface area contributed by atoms with Gasteiger partial charge in [0.1, 0.15) is 5.75 Å². The Morgan fingerprint density at radius 3 is 2.83 bits per heavy atom. The van der Waals surface area contributed by atoms with E-state index in [2.05, 4.69) is 28.8 Å². The topological polar surface area (TPSA) is 50.4 Å². The lowest BCUT2D eigenvalue weighted by molar-refractivity contribution is 0.247. The maximum absolute atomic E-state index is 12.4. The number of anilines is 1. The van der Waals surface area contributed by atoms with Gasteiger partial charge in [0.05, 0.1) is 18.3 Å². The number of carbonyl (C=O) groups is 1. The fourth-order valence-corrected chi connectivity index (χ4v) is 3.07. The average molecular weight is 310 g/mol. The van der Waals surface area contributed by atoms with Crippen LogP contribution >= 0.6 is 0 Å². The summed E-state index contributed by atoms with van der Waals surface area (Å²) in [6, 6.07) is 15.7. The van der Waals surface area contributed by atoms with Crippen LogP contribution in [0.1, 0.15) is 36.9 Å². The lowest BCUT2D eigenvalue weighted by Gasteiger charge is -2.26. The monoisotopic (exact) mass is 310 g/mol. The first kappa shape index (κ1) is 15.4. The van der Waals surface area contributed by atoms with Crippen molar-refractivity contribution >= 4 is 11.7 Å². The first-order valence-corrected chi connectivity index (χ1v) is 8.15. The van der Waals surface area contributed by atoms with Gasteiger partial charge in [0.25, 0.3) is 0 Å². The Balaban J connectivity index is 1.69. The van der Waals surface area contributed by atoms with E-state index in [1.807, 2.05) is 37.3 Å². The third-order valence-corrected chi connectivity index (χ3v) is 4.11. The van der Waals surface area contributed by atoms with E-state index >= 15 is 0 Å². The maximum atomic E-state index is 12.4. The van der Waals surface area contributed by atoms with Crippen LogP contribution in [-0.4, -0.2) is 12.6 Å². The molecular formula is C19H22N2O2. The molecule has 23 heavy (non-hydrogen) atoms. The minimum Gasteiger partial charge on any atom is -0.492 e. The number of aryl methyl sites for hydroxylation is 1. The highest BCUT2D eigenvalue weighted by Gasteiger charge is 2.21. The molecule has 4 heteroatoms. The molecule has 120 valence electrons. The van der Waals surface area contributed by atoms with E-state index in [4.69, 9.17) is 4.74 Å². The molecule has 4 nitrogen and oxygen atoms in total.